The van der Waals surface area contributed by atoms with Crippen LogP contribution in [-0.4, -0.2) is 28.6 Å². The van der Waals surface area contributed by atoms with Gasteiger partial charge in [-0.2, -0.15) is 13.2 Å². The van der Waals surface area contributed by atoms with E-state index < -0.39 is 39.9 Å². The van der Waals surface area contributed by atoms with E-state index in [4.69, 9.17) is 0 Å². The summed E-state index contributed by atoms with van der Waals surface area (Å²) in [7, 11) is 0. The number of hydrogen-bond donors (Lipinski definition) is 2. The molecular formula is C14H17F3N2O4. The van der Waals surface area contributed by atoms with E-state index in [-0.39, 0.29) is 12.5 Å². The van der Waals surface area contributed by atoms with Gasteiger partial charge in [0.2, 0.25) is 0 Å². The maximum Gasteiger partial charge on any atom is 0.416 e. The van der Waals surface area contributed by atoms with Crippen LogP contribution in [-0.2, 0) is 6.18 Å². The standard InChI is InChI=1S/C14H17F3N2O4/c1-8(2)3-11(7-20)18-13(21)9-4-10(14(15,16)17)6-12(5-9)19(22)23/h4-6,8,11,20H,3,7H2,1-2H3,(H,18,21). The Morgan fingerprint density at radius 2 is 1.96 bits per heavy atom. The SMILES string of the molecule is CC(C)CC(CO)NC(=O)c1cc([N+](=O)[O-])cc(C(F)(F)F)c1. The summed E-state index contributed by atoms with van der Waals surface area (Å²) in [5.41, 5.74) is -2.58. The van der Waals surface area contributed by atoms with E-state index >= 15 is 0 Å². The molecule has 0 saturated heterocycles. The van der Waals surface area contributed by atoms with Crippen molar-refractivity contribution in [2.75, 3.05) is 6.61 Å². The summed E-state index contributed by atoms with van der Waals surface area (Å²) >= 11 is 0. The van der Waals surface area contributed by atoms with Gasteiger partial charge < -0.3 is 10.4 Å². The van der Waals surface area contributed by atoms with E-state index in [1.54, 1.807) is 0 Å². The summed E-state index contributed by atoms with van der Waals surface area (Å²) in [6.07, 6.45) is -4.39. The zero-order valence-corrected chi connectivity index (χ0v) is 12.6. The number of nitrogens with zero attached hydrogens (tertiary/aromatic N) is 1. The minimum Gasteiger partial charge on any atom is -0.394 e. The third-order valence-corrected chi connectivity index (χ3v) is 3.03. The second kappa shape index (κ2) is 7.40. The highest BCUT2D eigenvalue weighted by Gasteiger charge is 2.33. The van der Waals surface area contributed by atoms with Gasteiger partial charge >= 0.3 is 6.18 Å². The van der Waals surface area contributed by atoms with Gasteiger partial charge in [0.05, 0.1) is 23.1 Å². The lowest BCUT2D eigenvalue weighted by Gasteiger charge is -2.18. The molecule has 0 heterocycles. The molecule has 1 aromatic carbocycles. The average molecular weight is 334 g/mol. The molecule has 128 valence electrons. The number of alkyl halides is 3. The number of nitro groups is 1. The van der Waals surface area contributed by atoms with Crippen LogP contribution in [0.2, 0.25) is 0 Å². The van der Waals surface area contributed by atoms with Gasteiger partial charge in [0.1, 0.15) is 0 Å². The normalized spacial score (nSPS) is 13.0. The van der Waals surface area contributed by atoms with Crippen molar-refractivity contribution in [2.45, 2.75) is 32.5 Å². The molecule has 2 N–H and O–H groups in total. The molecule has 1 amide bonds. The molecule has 0 aliphatic rings. The predicted octanol–water partition coefficient (Wildman–Crippen LogP) is 2.75. The lowest BCUT2D eigenvalue weighted by atomic mass is 10.0. The number of nitro benzene ring substituents is 1. The fraction of sp³-hybridized carbons (Fsp3) is 0.500. The van der Waals surface area contributed by atoms with Gasteiger partial charge in [-0.1, -0.05) is 13.8 Å². The summed E-state index contributed by atoms with van der Waals surface area (Å²) in [5.74, 6) is -0.762. The number of nitrogens with one attached hydrogen (secondary N) is 1. The van der Waals surface area contributed by atoms with Crippen molar-refractivity contribution in [1.82, 2.24) is 5.32 Å². The van der Waals surface area contributed by atoms with E-state index in [2.05, 4.69) is 5.32 Å². The number of rotatable bonds is 6. The molecule has 0 fully saturated rings. The highest BCUT2D eigenvalue weighted by Crippen LogP contribution is 2.32. The molecular weight excluding hydrogens is 317 g/mol. The zero-order chi connectivity index (χ0) is 17.8. The lowest BCUT2D eigenvalue weighted by molar-refractivity contribution is -0.385. The van der Waals surface area contributed by atoms with Crippen molar-refractivity contribution < 1.29 is 28.0 Å². The molecule has 0 spiro atoms. The third kappa shape index (κ3) is 5.51. The first kappa shape index (κ1) is 18.9. The summed E-state index contributed by atoms with van der Waals surface area (Å²) in [6, 6.07) is 1.05. The molecule has 23 heavy (non-hydrogen) atoms. The van der Waals surface area contributed by atoms with E-state index in [0.29, 0.717) is 18.6 Å². The van der Waals surface area contributed by atoms with Crippen LogP contribution in [0.1, 0.15) is 36.2 Å². The fourth-order valence-electron chi connectivity index (χ4n) is 2.03. The molecule has 1 unspecified atom stereocenters. The number of carbonyl (C=O) groups is 1. The number of aliphatic hydroxyl groups is 1. The van der Waals surface area contributed by atoms with Gasteiger partial charge in [-0.05, 0) is 18.4 Å². The number of amides is 1. The van der Waals surface area contributed by atoms with E-state index in [9.17, 15) is 33.2 Å². The number of carbonyl (C=O) groups excluding carboxylic acids is 1. The maximum atomic E-state index is 12.8. The Labute approximate surface area is 130 Å². The van der Waals surface area contributed by atoms with Crippen LogP contribution in [0.4, 0.5) is 18.9 Å². The third-order valence-electron chi connectivity index (χ3n) is 3.03. The maximum absolute atomic E-state index is 12.8. The Balaban J connectivity index is 3.12. The van der Waals surface area contributed by atoms with Gasteiger partial charge in [-0.15, -0.1) is 0 Å². The van der Waals surface area contributed by atoms with Crippen molar-refractivity contribution in [3.05, 3.63) is 39.4 Å². The first-order valence-corrected chi connectivity index (χ1v) is 6.83. The van der Waals surface area contributed by atoms with Crippen molar-refractivity contribution in [3.63, 3.8) is 0 Å². The summed E-state index contributed by atoms with van der Waals surface area (Å²) in [6.45, 7) is 3.32. The average Bonchev–Trinajstić information content (AvgIpc) is 2.44. The molecule has 0 saturated carbocycles. The van der Waals surface area contributed by atoms with Crippen LogP contribution >= 0.6 is 0 Å². The van der Waals surface area contributed by atoms with Crippen LogP contribution in [0.5, 0.6) is 0 Å². The minimum absolute atomic E-state index is 0.142. The smallest absolute Gasteiger partial charge is 0.394 e. The number of benzene rings is 1. The number of hydrogen-bond acceptors (Lipinski definition) is 4. The van der Waals surface area contributed by atoms with Gasteiger partial charge in [0.15, 0.2) is 0 Å². The minimum atomic E-state index is -4.81. The first-order valence-electron chi connectivity index (χ1n) is 6.83. The highest BCUT2D eigenvalue weighted by atomic mass is 19.4. The monoisotopic (exact) mass is 334 g/mol. The van der Waals surface area contributed by atoms with Gasteiger partial charge in [0.25, 0.3) is 11.6 Å². The van der Waals surface area contributed by atoms with Crippen LogP contribution in [0, 0.1) is 16.0 Å². The number of halogens is 3. The van der Waals surface area contributed by atoms with Crippen LogP contribution in [0.3, 0.4) is 0 Å². The van der Waals surface area contributed by atoms with E-state index in [1.807, 2.05) is 13.8 Å². The van der Waals surface area contributed by atoms with Crippen molar-refractivity contribution in [3.8, 4) is 0 Å². The largest absolute Gasteiger partial charge is 0.416 e. The van der Waals surface area contributed by atoms with Crippen LogP contribution in [0.25, 0.3) is 0 Å². The van der Waals surface area contributed by atoms with Crippen molar-refractivity contribution in [1.29, 1.82) is 0 Å². The molecule has 1 rings (SSSR count). The van der Waals surface area contributed by atoms with Gasteiger partial charge in [-0.25, -0.2) is 0 Å². The predicted molar refractivity (Wildman–Crippen MR) is 75.9 cm³/mol. The second-order valence-electron chi connectivity index (χ2n) is 5.51. The molecule has 6 nitrogen and oxygen atoms in total. The summed E-state index contributed by atoms with van der Waals surface area (Å²) < 4.78 is 38.3. The van der Waals surface area contributed by atoms with E-state index in [1.165, 1.54) is 0 Å². The second-order valence-corrected chi connectivity index (χ2v) is 5.51. The Kier molecular flexibility index (Phi) is 6.08. The Hall–Kier alpha value is -2.16. The zero-order valence-electron chi connectivity index (χ0n) is 12.6. The number of aliphatic hydroxyl groups excluding tert-OH is 1. The molecule has 0 aromatic heterocycles. The molecule has 0 aliphatic carbocycles. The van der Waals surface area contributed by atoms with Crippen LogP contribution < -0.4 is 5.32 Å². The van der Waals surface area contributed by atoms with Crippen LogP contribution in [0.15, 0.2) is 18.2 Å². The quantitative estimate of drug-likeness (QED) is 0.618. The van der Waals surface area contributed by atoms with Gasteiger partial charge in [-0.3, -0.25) is 14.9 Å². The Bertz CT molecular complexity index is 588. The summed E-state index contributed by atoms with van der Waals surface area (Å²) in [5, 5.41) is 22.3. The summed E-state index contributed by atoms with van der Waals surface area (Å²) in [4.78, 5) is 21.8. The Morgan fingerprint density at radius 3 is 2.39 bits per heavy atom. The van der Waals surface area contributed by atoms with E-state index in [0.717, 1.165) is 6.07 Å². The lowest BCUT2D eigenvalue weighted by Crippen LogP contribution is -2.38. The molecule has 1 aromatic rings. The molecule has 0 aliphatic heterocycles. The highest BCUT2D eigenvalue weighted by molar-refractivity contribution is 5.95. The topological polar surface area (TPSA) is 92.5 Å². The fourth-order valence-corrected chi connectivity index (χ4v) is 2.03. The Morgan fingerprint density at radius 1 is 1.35 bits per heavy atom. The molecule has 0 bridgehead atoms. The molecule has 9 heteroatoms. The number of non-ortho nitro benzene ring substituents is 1. The molecule has 0 radical (unpaired) electrons. The van der Waals surface area contributed by atoms with Gasteiger partial charge in [0, 0.05) is 17.7 Å². The van der Waals surface area contributed by atoms with Crippen molar-refractivity contribution >= 4 is 11.6 Å². The van der Waals surface area contributed by atoms with Crippen molar-refractivity contribution in [2.24, 2.45) is 5.92 Å². The molecule has 1 atom stereocenters. The first-order chi connectivity index (χ1) is 10.5.